The van der Waals surface area contributed by atoms with Crippen molar-refractivity contribution in [3.8, 4) is 0 Å². The molecule has 5 heteroatoms. The van der Waals surface area contributed by atoms with Crippen LogP contribution >= 0.6 is 0 Å². The van der Waals surface area contributed by atoms with Gasteiger partial charge in [-0.15, -0.1) is 0 Å². The van der Waals surface area contributed by atoms with Crippen LogP contribution in [0.2, 0.25) is 0 Å². The second-order valence-electron chi connectivity index (χ2n) is 4.58. The predicted octanol–water partition coefficient (Wildman–Crippen LogP) is 1.09. The Hall–Kier alpha value is -0.940. The molecule has 0 aliphatic heterocycles. The number of sulfone groups is 1. The van der Waals surface area contributed by atoms with Crippen LogP contribution in [-0.4, -0.2) is 32.0 Å². The molecule has 1 atom stereocenters. The lowest BCUT2D eigenvalue weighted by Crippen LogP contribution is -2.30. The van der Waals surface area contributed by atoms with Crippen LogP contribution in [0.3, 0.4) is 0 Å². The first-order valence-corrected chi connectivity index (χ1v) is 7.97. The first-order chi connectivity index (χ1) is 8.06. The number of pyridine rings is 1. The summed E-state index contributed by atoms with van der Waals surface area (Å²) in [5.41, 5.74) is 2.38. The van der Waals surface area contributed by atoms with Gasteiger partial charge in [-0.25, -0.2) is 8.42 Å². The van der Waals surface area contributed by atoms with Crippen LogP contribution in [0, 0.1) is 0 Å². The van der Waals surface area contributed by atoms with E-state index in [2.05, 4.69) is 16.4 Å². The minimum absolute atomic E-state index is 0.186. The minimum Gasteiger partial charge on any atom is -0.308 e. The van der Waals surface area contributed by atoms with Gasteiger partial charge in [0.2, 0.25) is 0 Å². The molecule has 1 unspecified atom stereocenters. The van der Waals surface area contributed by atoms with Crippen molar-refractivity contribution in [2.75, 3.05) is 18.6 Å². The zero-order chi connectivity index (χ0) is 12.3. The maximum absolute atomic E-state index is 11.1. The van der Waals surface area contributed by atoms with E-state index in [9.17, 15) is 8.42 Å². The lowest BCUT2D eigenvalue weighted by molar-refractivity contribution is 0.459. The number of aryl methyl sites for hydroxylation is 1. The van der Waals surface area contributed by atoms with Gasteiger partial charge in [0.1, 0.15) is 9.84 Å². The maximum atomic E-state index is 11.1. The molecule has 0 spiro atoms. The summed E-state index contributed by atoms with van der Waals surface area (Å²) < 4.78 is 22.1. The Morgan fingerprint density at radius 2 is 2.35 bits per heavy atom. The van der Waals surface area contributed by atoms with Crippen molar-refractivity contribution >= 4 is 9.84 Å². The quantitative estimate of drug-likeness (QED) is 0.874. The zero-order valence-electron chi connectivity index (χ0n) is 10.0. The van der Waals surface area contributed by atoms with E-state index in [4.69, 9.17) is 0 Å². The van der Waals surface area contributed by atoms with E-state index in [-0.39, 0.29) is 11.8 Å². The largest absolute Gasteiger partial charge is 0.308 e. The van der Waals surface area contributed by atoms with Gasteiger partial charge in [-0.3, -0.25) is 4.98 Å². The highest BCUT2D eigenvalue weighted by atomic mass is 32.2. The Kier molecular flexibility index (Phi) is 3.79. The Morgan fingerprint density at radius 3 is 3.12 bits per heavy atom. The van der Waals surface area contributed by atoms with Crippen molar-refractivity contribution in [1.29, 1.82) is 0 Å². The highest BCUT2D eigenvalue weighted by molar-refractivity contribution is 7.90. The predicted molar refractivity (Wildman–Crippen MR) is 67.6 cm³/mol. The van der Waals surface area contributed by atoms with E-state index in [1.807, 2.05) is 6.07 Å². The van der Waals surface area contributed by atoms with Crippen LogP contribution in [0.5, 0.6) is 0 Å². The fourth-order valence-corrected chi connectivity index (χ4v) is 2.72. The summed E-state index contributed by atoms with van der Waals surface area (Å²) in [5.74, 6) is 0.186. The van der Waals surface area contributed by atoms with Gasteiger partial charge in [-0.05, 0) is 30.9 Å². The lowest BCUT2D eigenvalue weighted by Gasteiger charge is -2.25. The van der Waals surface area contributed by atoms with Gasteiger partial charge in [0, 0.05) is 25.0 Å². The van der Waals surface area contributed by atoms with Gasteiger partial charge in [-0.1, -0.05) is 6.07 Å². The minimum atomic E-state index is -2.89. The van der Waals surface area contributed by atoms with Gasteiger partial charge in [0.05, 0.1) is 11.4 Å². The third kappa shape index (κ3) is 3.51. The number of nitrogens with zero attached hydrogens (tertiary/aromatic N) is 1. The molecule has 0 aromatic carbocycles. The fourth-order valence-electron chi connectivity index (χ4n) is 2.23. The summed E-state index contributed by atoms with van der Waals surface area (Å²) in [7, 11) is -2.89. The van der Waals surface area contributed by atoms with Crippen LogP contribution in [0.25, 0.3) is 0 Å². The summed E-state index contributed by atoms with van der Waals surface area (Å²) in [5, 5.41) is 3.29. The van der Waals surface area contributed by atoms with Crippen molar-refractivity contribution in [1.82, 2.24) is 10.3 Å². The molecule has 4 nitrogen and oxygen atoms in total. The number of hydrogen-bond acceptors (Lipinski definition) is 4. The maximum Gasteiger partial charge on any atom is 0.148 e. The molecular formula is C12H18N2O2S. The van der Waals surface area contributed by atoms with Crippen molar-refractivity contribution in [2.45, 2.75) is 25.3 Å². The van der Waals surface area contributed by atoms with Gasteiger partial charge < -0.3 is 5.32 Å². The Morgan fingerprint density at radius 1 is 1.53 bits per heavy atom. The van der Waals surface area contributed by atoms with Crippen LogP contribution in [0.4, 0.5) is 0 Å². The Labute approximate surface area is 102 Å². The Balaban J connectivity index is 1.99. The van der Waals surface area contributed by atoms with Crippen LogP contribution in [-0.2, 0) is 16.3 Å². The third-order valence-corrected chi connectivity index (χ3v) is 4.00. The first-order valence-electron chi connectivity index (χ1n) is 5.91. The SMILES string of the molecule is CS(=O)(=O)CCNC1CCCc2cccnc21. The van der Waals surface area contributed by atoms with Crippen molar-refractivity contribution in [2.24, 2.45) is 0 Å². The van der Waals surface area contributed by atoms with E-state index in [0.717, 1.165) is 25.0 Å². The molecular weight excluding hydrogens is 236 g/mol. The summed E-state index contributed by atoms with van der Waals surface area (Å²) >= 11 is 0. The molecule has 1 heterocycles. The first kappa shape index (κ1) is 12.5. The highest BCUT2D eigenvalue weighted by Crippen LogP contribution is 2.27. The number of rotatable bonds is 4. The summed E-state index contributed by atoms with van der Waals surface area (Å²) in [6.07, 6.45) is 6.31. The van der Waals surface area contributed by atoms with Gasteiger partial charge in [0.25, 0.3) is 0 Å². The summed E-state index contributed by atoms with van der Waals surface area (Å²) in [4.78, 5) is 4.40. The molecule has 1 aromatic heterocycles. The van der Waals surface area contributed by atoms with Crippen LogP contribution < -0.4 is 5.32 Å². The van der Waals surface area contributed by atoms with Crippen LogP contribution in [0.15, 0.2) is 18.3 Å². The van der Waals surface area contributed by atoms with Gasteiger partial charge in [-0.2, -0.15) is 0 Å². The molecule has 1 N–H and O–H groups in total. The fraction of sp³-hybridized carbons (Fsp3) is 0.583. The number of aromatic nitrogens is 1. The van der Waals surface area contributed by atoms with E-state index in [0.29, 0.717) is 6.54 Å². The molecule has 0 radical (unpaired) electrons. The molecule has 1 aliphatic rings. The molecule has 1 aromatic rings. The zero-order valence-corrected chi connectivity index (χ0v) is 10.8. The summed E-state index contributed by atoms with van der Waals surface area (Å²) in [6.45, 7) is 0.500. The Bertz CT molecular complexity index is 485. The van der Waals surface area contributed by atoms with E-state index >= 15 is 0 Å². The molecule has 94 valence electrons. The van der Waals surface area contributed by atoms with Crippen molar-refractivity contribution in [3.63, 3.8) is 0 Å². The molecule has 0 saturated heterocycles. The molecule has 2 rings (SSSR count). The highest BCUT2D eigenvalue weighted by Gasteiger charge is 2.20. The molecule has 0 saturated carbocycles. The second kappa shape index (κ2) is 5.14. The molecule has 0 fully saturated rings. The average Bonchev–Trinajstić information content (AvgIpc) is 2.28. The molecule has 1 aliphatic carbocycles. The summed E-state index contributed by atoms with van der Waals surface area (Å²) in [6, 6.07) is 4.27. The van der Waals surface area contributed by atoms with Gasteiger partial charge in [0.15, 0.2) is 0 Å². The van der Waals surface area contributed by atoms with Gasteiger partial charge >= 0.3 is 0 Å². The van der Waals surface area contributed by atoms with Crippen molar-refractivity contribution in [3.05, 3.63) is 29.6 Å². The van der Waals surface area contributed by atoms with E-state index in [1.54, 1.807) is 6.20 Å². The normalized spacial score (nSPS) is 19.9. The monoisotopic (exact) mass is 254 g/mol. The molecule has 17 heavy (non-hydrogen) atoms. The second-order valence-corrected chi connectivity index (χ2v) is 6.84. The van der Waals surface area contributed by atoms with E-state index in [1.165, 1.54) is 11.8 Å². The average molecular weight is 254 g/mol. The number of fused-ring (bicyclic) bond motifs is 1. The number of nitrogens with one attached hydrogen (secondary N) is 1. The number of hydrogen-bond donors (Lipinski definition) is 1. The topological polar surface area (TPSA) is 59.1 Å². The lowest BCUT2D eigenvalue weighted by atomic mass is 9.92. The van der Waals surface area contributed by atoms with Crippen LogP contribution in [0.1, 0.15) is 30.1 Å². The molecule has 0 amide bonds. The third-order valence-electron chi connectivity index (χ3n) is 3.06. The van der Waals surface area contributed by atoms with Crippen molar-refractivity contribution < 1.29 is 8.42 Å². The molecule has 0 bridgehead atoms. The van der Waals surface area contributed by atoms with E-state index < -0.39 is 9.84 Å². The smallest absolute Gasteiger partial charge is 0.148 e. The standard InChI is InChI=1S/C12H18N2O2S/c1-17(15,16)9-8-13-11-6-2-4-10-5-3-7-14-12(10)11/h3,5,7,11,13H,2,4,6,8-9H2,1H3.